The molecule has 1 aliphatic carbocycles. The Hall–Kier alpha value is -6.03. The maximum Gasteiger partial charge on any atom is 0.261 e. The molecular formula is C43H42N4O6. The highest BCUT2D eigenvalue weighted by Crippen LogP contribution is 2.42. The Morgan fingerprint density at radius 2 is 1.64 bits per heavy atom. The summed E-state index contributed by atoms with van der Waals surface area (Å²) < 4.78 is 24.1. The van der Waals surface area contributed by atoms with Crippen molar-refractivity contribution in [2.45, 2.75) is 51.9 Å². The van der Waals surface area contributed by atoms with E-state index in [1.165, 1.54) is 5.57 Å². The molecule has 10 heteroatoms. The Balaban J connectivity index is 0.980. The van der Waals surface area contributed by atoms with Gasteiger partial charge in [0, 0.05) is 49.7 Å². The van der Waals surface area contributed by atoms with Crippen LogP contribution < -0.4 is 29.2 Å². The van der Waals surface area contributed by atoms with Gasteiger partial charge >= 0.3 is 0 Å². The number of nitrogens with zero attached hydrogens (tertiary/aromatic N) is 3. The third-order valence-electron chi connectivity index (χ3n) is 10.3. The number of ether oxygens (including phenoxy) is 4. The third kappa shape index (κ3) is 6.39. The molecule has 0 saturated heterocycles. The van der Waals surface area contributed by atoms with Gasteiger partial charge in [0.15, 0.2) is 23.0 Å². The summed E-state index contributed by atoms with van der Waals surface area (Å²) in [6, 6.07) is 21.1. The van der Waals surface area contributed by atoms with Gasteiger partial charge in [0.25, 0.3) is 11.8 Å². The normalized spacial score (nSPS) is 16.8. The van der Waals surface area contributed by atoms with Crippen molar-refractivity contribution < 1.29 is 28.5 Å². The number of hydrogen-bond acceptors (Lipinski definition) is 8. The molecule has 270 valence electrons. The minimum absolute atomic E-state index is 0.0605. The summed E-state index contributed by atoms with van der Waals surface area (Å²) in [7, 11) is 4.95. The van der Waals surface area contributed by atoms with Gasteiger partial charge < -0.3 is 29.2 Å². The highest BCUT2D eigenvalue weighted by molar-refractivity contribution is 6.14. The number of aliphatic imine (C=N–C) groups is 1. The fraction of sp³-hybridized carbons (Fsp3) is 0.279. The number of carbonyl (C=O) groups excluding carboxylic acids is 2. The van der Waals surface area contributed by atoms with E-state index in [9.17, 15) is 9.59 Å². The van der Waals surface area contributed by atoms with Crippen LogP contribution in [0.15, 0.2) is 95.1 Å². The number of allylic oxidation sites excluding steroid dienone is 2. The number of nitrogens with one attached hydrogen (secondary N) is 1. The number of rotatable bonds is 10. The molecule has 2 amide bonds. The van der Waals surface area contributed by atoms with Gasteiger partial charge in [-0.2, -0.15) is 0 Å². The number of fused-ring (bicyclic) bond motifs is 4. The first-order chi connectivity index (χ1) is 25.8. The topological polar surface area (TPSA) is 102 Å². The molecule has 53 heavy (non-hydrogen) atoms. The third-order valence-corrected chi connectivity index (χ3v) is 10.3. The van der Waals surface area contributed by atoms with Gasteiger partial charge in [-0.25, -0.2) is 0 Å². The fourth-order valence-electron chi connectivity index (χ4n) is 7.80. The van der Waals surface area contributed by atoms with Crippen LogP contribution in [0.25, 0.3) is 0 Å². The number of methoxy groups -OCH3 is 2. The number of aryl methyl sites for hydroxylation is 1. The summed E-state index contributed by atoms with van der Waals surface area (Å²) in [6.45, 7) is 3.24. The van der Waals surface area contributed by atoms with Crippen LogP contribution in [-0.2, 0) is 19.6 Å². The van der Waals surface area contributed by atoms with Crippen LogP contribution in [0, 0.1) is 6.92 Å². The molecule has 0 aromatic heterocycles. The second-order valence-electron chi connectivity index (χ2n) is 13.7. The van der Waals surface area contributed by atoms with Crippen molar-refractivity contribution in [3.05, 3.63) is 124 Å². The lowest BCUT2D eigenvalue weighted by molar-refractivity contribution is 0.0823. The van der Waals surface area contributed by atoms with Crippen LogP contribution in [-0.4, -0.2) is 56.8 Å². The molecule has 8 rings (SSSR count). The van der Waals surface area contributed by atoms with E-state index in [2.05, 4.69) is 35.7 Å². The Morgan fingerprint density at radius 3 is 2.40 bits per heavy atom. The van der Waals surface area contributed by atoms with Gasteiger partial charge in [-0.15, -0.1) is 0 Å². The summed E-state index contributed by atoms with van der Waals surface area (Å²) in [5.41, 5.74) is 9.58. The number of benzene rings is 4. The molecule has 1 atom stereocenters. The van der Waals surface area contributed by atoms with Crippen LogP contribution in [0.2, 0.25) is 0 Å². The summed E-state index contributed by atoms with van der Waals surface area (Å²) >= 11 is 0. The van der Waals surface area contributed by atoms with Crippen molar-refractivity contribution in [1.29, 1.82) is 0 Å². The number of anilines is 2. The largest absolute Gasteiger partial charge is 0.493 e. The van der Waals surface area contributed by atoms with Crippen LogP contribution in [0.1, 0.15) is 62.2 Å². The average Bonchev–Trinajstić information content (AvgIpc) is 3.75. The second kappa shape index (κ2) is 14.2. The lowest BCUT2D eigenvalue weighted by Crippen LogP contribution is -2.37. The summed E-state index contributed by atoms with van der Waals surface area (Å²) in [5, 5.41) is 3.19. The lowest BCUT2D eigenvalue weighted by atomic mass is 10.0. The molecule has 0 bridgehead atoms. The number of hydrogen-bond donors (Lipinski definition) is 1. The molecule has 3 aliphatic heterocycles. The van der Waals surface area contributed by atoms with E-state index in [-0.39, 0.29) is 31.1 Å². The zero-order chi connectivity index (χ0) is 36.6. The minimum atomic E-state index is -0.143. The highest BCUT2D eigenvalue weighted by atomic mass is 16.5. The molecule has 4 aromatic carbocycles. The van der Waals surface area contributed by atoms with E-state index in [0.29, 0.717) is 52.0 Å². The fourth-order valence-corrected chi connectivity index (χ4v) is 7.80. The molecule has 0 spiro atoms. The van der Waals surface area contributed by atoms with Gasteiger partial charge in [-0.3, -0.25) is 19.5 Å². The van der Waals surface area contributed by atoms with Gasteiger partial charge in [-0.1, -0.05) is 42.0 Å². The molecule has 1 N–H and O–H groups in total. The van der Waals surface area contributed by atoms with E-state index >= 15 is 0 Å². The Labute approximate surface area is 309 Å². The zero-order valence-corrected chi connectivity index (χ0v) is 30.4. The Morgan fingerprint density at radius 1 is 0.906 bits per heavy atom. The molecular weight excluding hydrogens is 668 g/mol. The van der Waals surface area contributed by atoms with Crippen molar-refractivity contribution >= 4 is 35.1 Å². The Kier molecular flexibility index (Phi) is 9.12. The quantitative estimate of drug-likeness (QED) is 0.178. The SMILES string of the molecule is CNc1cc(OCc2cc(C)cc(COc3cc4c(cc3OC)C(=O)N3c5ccccc5CC3C=N4)c2)c(OC)cc1C(=O)N1CCC2=C1C=CCC2. The Bertz CT molecular complexity index is 2220. The van der Waals surface area contributed by atoms with Crippen molar-refractivity contribution in [2.75, 3.05) is 38.0 Å². The molecule has 4 aliphatic rings. The summed E-state index contributed by atoms with van der Waals surface area (Å²) in [4.78, 5) is 36.0. The monoisotopic (exact) mass is 710 g/mol. The number of amides is 2. The van der Waals surface area contributed by atoms with Gasteiger partial charge in [0.1, 0.15) is 13.2 Å². The molecule has 1 unspecified atom stereocenters. The van der Waals surface area contributed by atoms with Crippen LogP contribution in [0.4, 0.5) is 17.1 Å². The maximum atomic E-state index is 13.8. The van der Waals surface area contributed by atoms with Crippen molar-refractivity contribution in [3.63, 3.8) is 0 Å². The molecule has 4 aromatic rings. The van der Waals surface area contributed by atoms with Crippen molar-refractivity contribution in [1.82, 2.24) is 4.90 Å². The summed E-state index contributed by atoms with van der Waals surface area (Å²) in [6.07, 6.45) is 9.72. The standard InChI is InChI=1S/C43H42N4O6/c1-26-15-27(24-52-40-21-34(44-2)32(19-38(40)50-3)42(48)46-14-13-29-9-5-7-11-36(29)46)17-28(16-26)25-53-41-22-35-33(20-39(41)51-4)43(49)47-31(23-45-35)18-30-10-6-8-12-37(30)47/h6-8,10-12,15-17,19-23,31,44H,5,9,13-14,18,24-25H2,1-4H3. The molecule has 0 radical (unpaired) electrons. The van der Waals surface area contributed by atoms with Gasteiger partial charge in [-0.05, 0) is 78.8 Å². The van der Waals surface area contributed by atoms with E-state index < -0.39 is 0 Å². The van der Waals surface area contributed by atoms with E-state index in [0.717, 1.165) is 59.3 Å². The zero-order valence-electron chi connectivity index (χ0n) is 30.4. The second-order valence-corrected chi connectivity index (χ2v) is 13.7. The molecule has 3 heterocycles. The van der Waals surface area contributed by atoms with Crippen LogP contribution in [0.3, 0.4) is 0 Å². The van der Waals surface area contributed by atoms with Crippen LogP contribution in [0.5, 0.6) is 23.0 Å². The first-order valence-corrected chi connectivity index (χ1v) is 18.0. The van der Waals surface area contributed by atoms with E-state index in [1.54, 1.807) is 39.5 Å². The lowest BCUT2D eigenvalue weighted by Gasteiger charge is -2.23. The number of para-hydroxylation sites is 1. The minimum Gasteiger partial charge on any atom is -0.493 e. The first-order valence-electron chi connectivity index (χ1n) is 18.0. The molecule has 0 saturated carbocycles. The highest BCUT2D eigenvalue weighted by Gasteiger charge is 2.36. The summed E-state index contributed by atoms with van der Waals surface area (Å²) in [5.74, 6) is 1.80. The van der Waals surface area contributed by atoms with E-state index in [4.69, 9.17) is 23.9 Å². The molecule has 0 fully saturated rings. The van der Waals surface area contributed by atoms with E-state index in [1.807, 2.05) is 53.3 Å². The maximum absolute atomic E-state index is 13.8. The van der Waals surface area contributed by atoms with Gasteiger partial charge in [0.2, 0.25) is 0 Å². The molecule has 10 nitrogen and oxygen atoms in total. The van der Waals surface area contributed by atoms with Crippen LogP contribution >= 0.6 is 0 Å². The first kappa shape index (κ1) is 34.1. The van der Waals surface area contributed by atoms with Crippen molar-refractivity contribution in [3.8, 4) is 23.0 Å². The van der Waals surface area contributed by atoms with Gasteiger partial charge in [0.05, 0.1) is 42.8 Å². The van der Waals surface area contributed by atoms with Crippen molar-refractivity contribution in [2.24, 2.45) is 4.99 Å². The predicted molar refractivity (Wildman–Crippen MR) is 205 cm³/mol. The predicted octanol–water partition coefficient (Wildman–Crippen LogP) is 7.95. The number of carbonyl (C=O) groups is 2. The average molecular weight is 711 g/mol. The smallest absolute Gasteiger partial charge is 0.261 e.